The minimum atomic E-state index is -0.658. The molecule has 2 N–H and O–H groups in total. The van der Waals surface area contributed by atoms with E-state index < -0.39 is 23.5 Å². The van der Waals surface area contributed by atoms with Gasteiger partial charge in [0.2, 0.25) is 0 Å². The van der Waals surface area contributed by atoms with Gasteiger partial charge in [-0.15, -0.1) is 0 Å². The number of carbonyl (C=O) groups is 3. The number of Topliss-reactive ketones (excluding diaryl/α,β-unsaturated/α-hetero) is 2. The third kappa shape index (κ3) is 2.40. The second kappa shape index (κ2) is 5.95. The van der Waals surface area contributed by atoms with Crippen LogP contribution in [-0.4, -0.2) is 40.3 Å². The maximum absolute atomic E-state index is 12.9. The van der Waals surface area contributed by atoms with Crippen molar-refractivity contribution in [2.45, 2.75) is 46.1 Å². The Labute approximate surface area is 159 Å². The molecule has 3 fully saturated rings. The molecule has 0 aliphatic heterocycles. The molecule has 0 heterocycles. The van der Waals surface area contributed by atoms with Gasteiger partial charge in [-0.2, -0.15) is 0 Å². The summed E-state index contributed by atoms with van der Waals surface area (Å²) >= 11 is 0. The predicted octanol–water partition coefficient (Wildman–Crippen LogP) is 1.87. The molecule has 4 aliphatic rings. The molecular weight excluding hydrogens is 344 g/mol. The van der Waals surface area contributed by atoms with Crippen LogP contribution >= 0.6 is 0 Å². The van der Waals surface area contributed by atoms with Gasteiger partial charge in [0.25, 0.3) is 0 Å². The molecule has 5 nitrogen and oxygen atoms in total. The number of aliphatic hydroxyl groups excluding tert-OH is 2. The third-order valence-electron chi connectivity index (χ3n) is 8.17. The molecule has 146 valence electrons. The second-order valence-corrected chi connectivity index (χ2v) is 9.59. The van der Waals surface area contributed by atoms with Crippen molar-refractivity contribution < 1.29 is 24.6 Å². The van der Waals surface area contributed by atoms with E-state index in [1.165, 1.54) is 12.2 Å². The molecular formula is C22H28O5. The molecule has 0 saturated heterocycles. The number of aliphatic hydroxyl groups is 2. The first-order chi connectivity index (χ1) is 12.6. The number of rotatable bonds is 2. The van der Waals surface area contributed by atoms with Crippen molar-refractivity contribution in [1.29, 1.82) is 0 Å². The first-order valence-electron chi connectivity index (χ1n) is 9.93. The minimum Gasteiger partial charge on any atom is -0.393 e. The van der Waals surface area contributed by atoms with Crippen LogP contribution in [0.1, 0.15) is 40.0 Å². The Kier molecular flexibility index (Phi) is 4.13. The fourth-order valence-electron chi connectivity index (χ4n) is 7.33. The van der Waals surface area contributed by atoms with Crippen LogP contribution in [0.5, 0.6) is 0 Å². The van der Waals surface area contributed by atoms with Gasteiger partial charge in [-0.3, -0.25) is 14.4 Å². The summed E-state index contributed by atoms with van der Waals surface area (Å²) in [6.45, 7) is 5.57. The molecule has 0 aromatic carbocycles. The van der Waals surface area contributed by atoms with Gasteiger partial charge in [-0.25, -0.2) is 0 Å². The number of allylic oxidation sites excluding steroid dienone is 4. The molecule has 0 aromatic rings. The Morgan fingerprint density at radius 2 is 2.00 bits per heavy atom. The molecule has 8 atom stereocenters. The summed E-state index contributed by atoms with van der Waals surface area (Å²) in [5, 5.41) is 20.7. The van der Waals surface area contributed by atoms with Gasteiger partial charge < -0.3 is 10.2 Å². The number of ketones is 3. The largest absolute Gasteiger partial charge is 0.393 e. The van der Waals surface area contributed by atoms with Crippen molar-refractivity contribution in [3.8, 4) is 0 Å². The summed E-state index contributed by atoms with van der Waals surface area (Å²) in [5.74, 6) is -0.528. The molecule has 2 unspecified atom stereocenters. The fourth-order valence-corrected chi connectivity index (χ4v) is 7.33. The van der Waals surface area contributed by atoms with Gasteiger partial charge in [-0.1, -0.05) is 26.8 Å². The molecule has 3 saturated carbocycles. The summed E-state index contributed by atoms with van der Waals surface area (Å²) in [6, 6.07) is 0. The van der Waals surface area contributed by atoms with E-state index in [2.05, 4.69) is 6.92 Å². The SMILES string of the molecule is CC1C[C@H]2[C@@H]3CC(=O)C4=CC(=O)C=C[C@]4(C)[C@H]3C(O)C[C@]2(C)[C@H]1C(=O)CO. The lowest BCUT2D eigenvalue weighted by atomic mass is 9.46. The maximum atomic E-state index is 12.9. The Bertz CT molecular complexity index is 780. The van der Waals surface area contributed by atoms with Crippen LogP contribution in [0, 0.1) is 40.4 Å². The zero-order valence-corrected chi connectivity index (χ0v) is 16.1. The molecule has 0 amide bonds. The Morgan fingerprint density at radius 3 is 2.67 bits per heavy atom. The number of hydrogen-bond donors (Lipinski definition) is 2. The highest BCUT2D eigenvalue weighted by molar-refractivity contribution is 6.10. The van der Waals surface area contributed by atoms with Gasteiger partial charge in [0.05, 0.1) is 6.10 Å². The van der Waals surface area contributed by atoms with Crippen LogP contribution in [0.3, 0.4) is 0 Å². The van der Waals surface area contributed by atoms with Crippen LogP contribution < -0.4 is 0 Å². The molecule has 4 aliphatic carbocycles. The number of hydrogen-bond acceptors (Lipinski definition) is 5. The van der Waals surface area contributed by atoms with E-state index in [4.69, 9.17) is 0 Å². The summed E-state index contributed by atoms with van der Waals surface area (Å²) in [7, 11) is 0. The van der Waals surface area contributed by atoms with Crippen LogP contribution in [0.15, 0.2) is 23.8 Å². The smallest absolute Gasteiger partial charge is 0.178 e. The first kappa shape index (κ1) is 18.8. The van der Waals surface area contributed by atoms with E-state index in [0.717, 1.165) is 6.42 Å². The van der Waals surface area contributed by atoms with Gasteiger partial charge in [0, 0.05) is 29.2 Å². The summed E-state index contributed by atoms with van der Waals surface area (Å²) < 4.78 is 0. The van der Waals surface area contributed by atoms with E-state index in [0.29, 0.717) is 18.4 Å². The van der Waals surface area contributed by atoms with Crippen molar-refractivity contribution in [3.05, 3.63) is 23.8 Å². The standard InChI is InChI=1S/C22H28O5/c1-11-6-14-13-8-16(25)15-7-12(24)4-5-21(15,2)20(13)17(26)9-22(14,3)19(11)18(27)10-23/h4-5,7,11,13-14,17,19-20,23,26H,6,8-10H2,1-3H3/t11?,13-,14-,17?,19+,20+,21-,22-/m0/s1. The summed E-state index contributed by atoms with van der Waals surface area (Å²) in [6.07, 6.45) is 5.72. The predicted molar refractivity (Wildman–Crippen MR) is 98.5 cm³/mol. The topological polar surface area (TPSA) is 91.7 Å². The van der Waals surface area contributed by atoms with E-state index >= 15 is 0 Å². The molecule has 27 heavy (non-hydrogen) atoms. The molecule has 5 heteroatoms. The second-order valence-electron chi connectivity index (χ2n) is 9.59. The van der Waals surface area contributed by atoms with Crippen molar-refractivity contribution in [3.63, 3.8) is 0 Å². The van der Waals surface area contributed by atoms with Crippen molar-refractivity contribution >= 4 is 17.3 Å². The van der Waals surface area contributed by atoms with Gasteiger partial charge in [-0.05, 0) is 48.2 Å². The minimum absolute atomic E-state index is 0.0162. The third-order valence-corrected chi connectivity index (χ3v) is 8.17. The van der Waals surface area contributed by atoms with Gasteiger partial charge >= 0.3 is 0 Å². The summed E-state index contributed by atoms with van der Waals surface area (Å²) in [5.41, 5.74) is -0.532. The first-order valence-corrected chi connectivity index (χ1v) is 9.93. The summed E-state index contributed by atoms with van der Waals surface area (Å²) in [4.78, 5) is 37.3. The Balaban J connectivity index is 1.78. The molecule has 0 radical (unpaired) electrons. The van der Waals surface area contributed by atoms with E-state index in [-0.39, 0.29) is 46.9 Å². The van der Waals surface area contributed by atoms with Crippen molar-refractivity contribution in [2.75, 3.05) is 6.61 Å². The van der Waals surface area contributed by atoms with Crippen LogP contribution in [0.25, 0.3) is 0 Å². The zero-order chi connectivity index (χ0) is 19.7. The lowest BCUT2D eigenvalue weighted by molar-refractivity contribution is -0.147. The van der Waals surface area contributed by atoms with Crippen molar-refractivity contribution in [1.82, 2.24) is 0 Å². The lowest BCUT2D eigenvalue weighted by Crippen LogP contribution is -2.58. The molecule has 0 aromatic heterocycles. The van der Waals surface area contributed by atoms with Crippen LogP contribution in [-0.2, 0) is 14.4 Å². The van der Waals surface area contributed by atoms with E-state index in [1.807, 2.05) is 13.8 Å². The highest BCUT2D eigenvalue weighted by Gasteiger charge is 2.65. The monoisotopic (exact) mass is 372 g/mol. The number of carbonyl (C=O) groups excluding carboxylic acids is 3. The zero-order valence-electron chi connectivity index (χ0n) is 16.1. The molecule has 0 spiro atoms. The van der Waals surface area contributed by atoms with Crippen LogP contribution in [0.2, 0.25) is 0 Å². The fraction of sp³-hybridized carbons (Fsp3) is 0.682. The van der Waals surface area contributed by atoms with E-state index in [1.54, 1.807) is 6.08 Å². The van der Waals surface area contributed by atoms with Gasteiger partial charge in [0.15, 0.2) is 17.3 Å². The normalized spacial score (nSPS) is 48.6. The van der Waals surface area contributed by atoms with Crippen LogP contribution in [0.4, 0.5) is 0 Å². The maximum Gasteiger partial charge on any atom is 0.178 e. The highest BCUT2D eigenvalue weighted by atomic mass is 16.3. The quantitative estimate of drug-likeness (QED) is 0.772. The Hall–Kier alpha value is -1.59. The number of fused-ring (bicyclic) bond motifs is 5. The molecule has 0 bridgehead atoms. The van der Waals surface area contributed by atoms with Crippen molar-refractivity contribution in [2.24, 2.45) is 40.4 Å². The lowest BCUT2D eigenvalue weighted by Gasteiger charge is -2.58. The average Bonchev–Trinajstić information content (AvgIpc) is 2.85. The average molecular weight is 372 g/mol. The highest BCUT2D eigenvalue weighted by Crippen LogP contribution is 2.66. The van der Waals surface area contributed by atoms with E-state index in [9.17, 15) is 24.6 Å². The molecule has 4 rings (SSSR count). The van der Waals surface area contributed by atoms with Gasteiger partial charge in [0.1, 0.15) is 6.61 Å². The Morgan fingerprint density at radius 1 is 1.30 bits per heavy atom.